The van der Waals surface area contributed by atoms with Crippen LogP contribution in [0.4, 0.5) is 0 Å². The number of amides is 1. The van der Waals surface area contributed by atoms with Crippen LogP contribution in [0.3, 0.4) is 0 Å². The van der Waals surface area contributed by atoms with Crippen LogP contribution in [0.5, 0.6) is 0 Å². The Morgan fingerprint density at radius 3 is 2.20 bits per heavy atom. The van der Waals surface area contributed by atoms with Crippen LogP contribution in [0.25, 0.3) is 0 Å². The van der Waals surface area contributed by atoms with Gasteiger partial charge < -0.3 is 10.0 Å². The first kappa shape index (κ1) is 22.6. The molecule has 30 heavy (non-hydrogen) atoms. The van der Waals surface area contributed by atoms with Gasteiger partial charge in [-0.15, -0.1) is 0 Å². The van der Waals surface area contributed by atoms with Crippen molar-refractivity contribution in [3.63, 3.8) is 0 Å². The predicted octanol–water partition coefficient (Wildman–Crippen LogP) is 5.94. The van der Waals surface area contributed by atoms with E-state index in [1.165, 1.54) is 17.0 Å². The Labute approximate surface area is 198 Å². The SMILES string of the molecule is O=C(O)[C@H](Cc1ccccc1)N(Cc1ccc(I)cc1)C(=O)c1ccc(Cl)cc1Cl. The molecule has 3 aromatic rings. The van der Waals surface area contributed by atoms with Gasteiger partial charge >= 0.3 is 5.97 Å². The van der Waals surface area contributed by atoms with E-state index < -0.39 is 17.9 Å². The average molecular weight is 554 g/mol. The van der Waals surface area contributed by atoms with Gasteiger partial charge in [0, 0.05) is 21.6 Å². The minimum absolute atomic E-state index is 0.137. The second-order valence-corrected chi connectivity index (χ2v) is 8.82. The molecule has 1 N–H and O–H groups in total. The molecule has 0 saturated carbocycles. The average Bonchev–Trinajstić information content (AvgIpc) is 2.72. The quantitative estimate of drug-likeness (QED) is 0.369. The number of nitrogens with zero attached hydrogens (tertiary/aromatic N) is 1. The fourth-order valence-electron chi connectivity index (χ4n) is 3.10. The fraction of sp³-hybridized carbons (Fsp3) is 0.130. The fourth-order valence-corrected chi connectivity index (χ4v) is 3.94. The van der Waals surface area contributed by atoms with E-state index in [2.05, 4.69) is 22.6 Å². The van der Waals surface area contributed by atoms with Crippen molar-refractivity contribution in [2.24, 2.45) is 0 Å². The van der Waals surface area contributed by atoms with Gasteiger partial charge in [-0.2, -0.15) is 0 Å². The van der Waals surface area contributed by atoms with Gasteiger partial charge in [-0.25, -0.2) is 4.79 Å². The lowest BCUT2D eigenvalue weighted by atomic mass is 10.0. The largest absolute Gasteiger partial charge is 0.480 e. The van der Waals surface area contributed by atoms with E-state index in [9.17, 15) is 14.7 Å². The number of benzene rings is 3. The summed E-state index contributed by atoms with van der Waals surface area (Å²) in [6.45, 7) is 0.137. The van der Waals surface area contributed by atoms with E-state index >= 15 is 0 Å². The minimum Gasteiger partial charge on any atom is -0.480 e. The number of carbonyl (C=O) groups excluding carboxylic acids is 1. The van der Waals surface area contributed by atoms with Gasteiger partial charge in [-0.05, 0) is 64.0 Å². The Kier molecular flexibility index (Phi) is 7.75. The predicted molar refractivity (Wildman–Crippen MR) is 127 cm³/mol. The highest BCUT2D eigenvalue weighted by atomic mass is 127. The summed E-state index contributed by atoms with van der Waals surface area (Å²) >= 11 is 14.4. The molecule has 1 atom stereocenters. The van der Waals surface area contributed by atoms with Crippen molar-refractivity contribution < 1.29 is 14.7 Å². The minimum atomic E-state index is -1.08. The molecule has 3 rings (SSSR count). The number of carbonyl (C=O) groups is 2. The Hall–Kier alpha value is -2.09. The van der Waals surface area contributed by atoms with E-state index in [0.717, 1.165) is 14.7 Å². The van der Waals surface area contributed by atoms with Crippen LogP contribution >= 0.6 is 45.8 Å². The van der Waals surface area contributed by atoms with E-state index in [1.54, 1.807) is 6.07 Å². The number of hydrogen-bond acceptors (Lipinski definition) is 2. The van der Waals surface area contributed by atoms with Gasteiger partial charge in [0.1, 0.15) is 6.04 Å². The van der Waals surface area contributed by atoms with Crippen molar-refractivity contribution in [2.45, 2.75) is 19.0 Å². The lowest BCUT2D eigenvalue weighted by Crippen LogP contribution is -2.46. The molecular weight excluding hydrogens is 536 g/mol. The number of halogens is 3. The molecule has 1 amide bonds. The highest BCUT2D eigenvalue weighted by Crippen LogP contribution is 2.25. The summed E-state index contributed by atoms with van der Waals surface area (Å²) in [5.74, 6) is -1.54. The molecule has 0 bridgehead atoms. The maximum absolute atomic E-state index is 13.4. The third kappa shape index (κ3) is 5.74. The smallest absolute Gasteiger partial charge is 0.326 e. The first-order valence-electron chi connectivity index (χ1n) is 9.12. The van der Waals surface area contributed by atoms with Crippen LogP contribution in [0, 0.1) is 3.57 Å². The van der Waals surface area contributed by atoms with E-state index in [0.29, 0.717) is 5.02 Å². The molecule has 0 aliphatic heterocycles. The number of aliphatic carboxylic acids is 1. The second kappa shape index (κ2) is 10.3. The lowest BCUT2D eigenvalue weighted by molar-refractivity contribution is -0.142. The molecule has 0 radical (unpaired) electrons. The number of rotatable bonds is 7. The molecule has 4 nitrogen and oxygen atoms in total. The lowest BCUT2D eigenvalue weighted by Gasteiger charge is -2.30. The third-order valence-electron chi connectivity index (χ3n) is 4.62. The summed E-state index contributed by atoms with van der Waals surface area (Å²) in [5.41, 5.74) is 1.87. The van der Waals surface area contributed by atoms with Gasteiger partial charge in [0.05, 0.1) is 10.6 Å². The van der Waals surface area contributed by atoms with Gasteiger partial charge in [-0.3, -0.25) is 4.79 Å². The standard InChI is InChI=1S/C23H18Cl2INO3/c24-17-8-11-19(20(25)13-17)22(28)27(14-16-6-9-18(26)10-7-16)21(23(29)30)12-15-4-2-1-3-5-15/h1-11,13,21H,12,14H2,(H,29,30)/t21-/m0/s1. The topological polar surface area (TPSA) is 57.6 Å². The molecule has 0 aromatic heterocycles. The van der Waals surface area contributed by atoms with Crippen molar-refractivity contribution in [3.8, 4) is 0 Å². The Morgan fingerprint density at radius 1 is 0.933 bits per heavy atom. The molecule has 154 valence electrons. The molecule has 0 fully saturated rings. The summed E-state index contributed by atoms with van der Waals surface area (Å²) in [4.78, 5) is 27.0. The monoisotopic (exact) mass is 553 g/mol. The zero-order valence-corrected chi connectivity index (χ0v) is 19.4. The van der Waals surface area contributed by atoms with Gasteiger partial charge in [0.15, 0.2) is 0 Å². The molecule has 0 spiro atoms. The second-order valence-electron chi connectivity index (χ2n) is 6.73. The maximum Gasteiger partial charge on any atom is 0.326 e. The molecule has 0 saturated heterocycles. The molecule has 0 heterocycles. The van der Waals surface area contributed by atoms with Crippen molar-refractivity contribution in [3.05, 3.63) is 103 Å². The Morgan fingerprint density at radius 2 is 1.60 bits per heavy atom. The van der Waals surface area contributed by atoms with Gasteiger partial charge in [-0.1, -0.05) is 65.7 Å². The van der Waals surface area contributed by atoms with Crippen molar-refractivity contribution >= 4 is 57.7 Å². The van der Waals surface area contributed by atoms with Crippen molar-refractivity contribution in [2.75, 3.05) is 0 Å². The Bertz CT molecular complexity index is 1040. The maximum atomic E-state index is 13.4. The van der Waals surface area contributed by atoms with Gasteiger partial charge in [0.2, 0.25) is 0 Å². The number of hydrogen-bond donors (Lipinski definition) is 1. The Balaban J connectivity index is 2.00. The highest BCUT2D eigenvalue weighted by Gasteiger charge is 2.31. The van der Waals surface area contributed by atoms with Gasteiger partial charge in [0.25, 0.3) is 5.91 Å². The first-order valence-corrected chi connectivity index (χ1v) is 11.0. The van der Waals surface area contributed by atoms with Crippen molar-refractivity contribution in [1.29, 1.82) is 0 Å². The summed E-state index contributed by atoms with van der Waals surface area (Å²) in [5, 5.41) is 10.6. The molecular formula is C23H18Cl2INO3. The van der Waals surface area contributed by atoms with E-state index in [4.69, 9.17) is 23.2 Å². The number of carboxylic acids is 1. The molecule has 0 unspecified atom stereocenters. The van der Waals surface area contributed by atoms with E-state index in [-0.39, 0.29) is 23.6 Å². The summed E-state index contributed by atoms with van der Waals surface area (Å²) in [7, 11) is 0. The molecule has 3 aromatic carbocycles. The zero-order valence-electron chi connectivity index (χ0n) is 15.8. The molecule has 0 aliphatic carbocycles. The molecule has 7 heteroatoms. The molecule has 0 aliphatic rings. The van der Waals surface area contributed by atoms with Crippen LogP contribution in [-0.4, -0.2) is 27.9 Å². The third-order valence-corrected chi connectivity index (χ3v) is 5.89. The summed E-state index contributed by atoms with van der Waals surface area (Å²) < 4.78 is 1.05. The van der Waals surface area contributed by atoms with Crippen LogP contribution in [0.15, 0.2) is 72.8 Å². The highest BCUT2D eigenvalue weighted by molar-refractivity contribution is 14.1. The summed E-state index contributed by atoms with van der Waals surface area (Å²) in [6, 6.07) is 20.3. The zero-order chi connectivity index (χ0) is 21.7. The normalized spacial score (nSPS) is 11.7. The number of carboxylic acid groups (broad SMARTS) is 1. The van der Waals surface area contributed by atoms with Crippen LogP contribution in [0.2, 0.25) is 10.0 Å². The van der Waals surface area contributed by atoms with Crippen LogP contribution in [-0.2, 0) is 17.8 Å². The first-order chi connectivity index (χ1) is 14.3. The van der Waals surface area contributed by atoms with E-state index in [1.807, 2.05) is 54.6 Å². The van der Waals surface area contributed by atoms with Crippen LogP contribution in [0.1, 0.15) is 21.5 Å². The summed E-state index contributed by atoms with van der Waals surface area (Å²) in [6.07, 6.45) is 0.178. The van der Waals surface area contributed by atoms with Crippen LogP contribution < -0.4 is 0 Å². The van der Waals surface area contributed by atoms with Crippen molar-refractivity contribution in [1.82, 2.24) is 4.90 Å².